The number of carboxylic acid groups (broad SMARTS) is 1. The Kier molecular flexibility index (Phi) is 38.2. The van der Waals surface area contributed by atoms with Crippen molar-refractivity contribution < 1.29 is 72.2 Å². The third-order valence-electron chi connectivity index (χ3n) is 16.6. The van der Waals surface area contributed by atoms with Crippen LogP contribution < -0.4 is 104 Å². The summed E-state index contributed by atoms with van der Waals surface area (Å²) < 4.78 is 0. The van der Waals surface area contributed by atoms with E-state index in [1.807, 2.05) is 6.07 Å². The fourth-order valence-corrected chi connectivity index (χ4v) is 12.1. The summed E-state index contributed by atoms with van der Waals surface area (Å²) >= 11 is 0.810. The molecule has 0 spiro atoms. The van der Waals surface area contributed by atoms with E-state index in [0.717, 1.165) is 11.8 Å². The molecule has 2 saturated heterocycles. The maximum Gasteiger partial charge on any atom is 0.305 e. The summed E-state index contributed by atoms with van der Waals surface area (Å²) in [6.07, 6.45) is -1.20. The average molecular weight is 1520 g/mol. The molecule has 13 amide bonds. The van der Waals surface area contributed by atoms with Gasteiger partial charge in [-0.1, -0.05) is 56.3 Å². The Bertz CT molecular complexity index is 3530. The predicted octanol–water partition coefficient (Wildman–Crippen LogP) is -7.03. The molecular weight excluding hydrogens is 1410 g/mol. The van der Waals surface area contributed by atoms with Crippen LogP contribution >= 0.6 is 11.8 Å². The van der Waals surface area contributed by atoms with Crippen LogP contribution in [0.3, 0.4) is 0 Å². The largest absolute Gasteiger partial charge is 0.481 e. The number of nitrogens with one attached hydrogen (secondary N) is 11. The van der Waals surface area contributed by atoms with Gasteiger partial charge in [-0.05, 0) is 113 Å². The van der Waals surface area contributed by atoms with Gasteiger partial charge in [0, 0.05) is 44.8 Å². The van der Waals surface area contributed by atoms with Crippen molar-refractivity contribution in [2.75, 3.05) is 57.3 Å². The van der Waals surface area contributed by atoms with E-state index in [1.165, 1.54) is 17.0 Å². The number of nitriles is 1. The van der Waals surface area contributed by atoms with Crippen molar-refractivity contribution in [3.8, 4) is 6.07 Å². The van der Waals surface area contributed by atoms with Crippen LogP contribution in [0.4, 0.5) is 0 Å². The summed E-state index contributed by atoms with van der Waals surface area (Å²) in [4.78, 5) is 210. The van der Waals surface area contributed by atoms with Gasteiger partial charge in [0.25, 0.3) is 0 Å². The Labute approximate surface area is 622 Å². The Morgan fingerprint density at radius 2 is 0.991 bits per heavy atom. The van der Waals surface area contributed by atoms with Gasteiger partial charge in [0.2, 0.25) is 76.8 Å². The van der Waals surface area contributed by atoms with E-state index in [1.54, 1.807) is 56.3 Å². The van der Waals surface area contributed by atoms with E-state index in [2.05, 4.69) is 73.5 Å². The van der Waals surface area contributed by atoms with Gasteiger partial charge in [0.05, 0.1) is 36.9 Å². The minimum Gasteiger partial charge on any atom is -0.481 e. The molecule has 10 atom stereocenters. The maximum atomic E-state index is 15.1. The Morgan fingerprint density at radius 3 is 1.52 bits per heavy atom. The van der Waals surface area contributed by atoms with E-state index in [4.69, 9.17) is 45.9 Å². The highest BCUT2D eigenvalue weighted by Crippen LogP contribution is 2.22. The number of hydrogen-bond acceptors (Lipinski definition) is 20. The molecule has 4 rings (SSSR count). The lowest BCUT2D eigenvalue weighted by Gasteiger charge is -2.31. The topological polar surface area (TPSA) is 664 Å². The number of carbonyl (C=O) groups is 14. The Balaban J connectivity index is 1.86. The molecule has 586 valence electrons. The number of primary amides is 1. The molecule has 2 aromatic carbocycles. The number of benzene rings is 2. The van der Waals surface area contributed by atoms with Gasteiger partial charge in [0.1, 0.15) is 60.4 Å². The van der Waals surface area contributed by atoms with E-state index in [-0.39, 0.29) is 151 Å². The van der Waals surface area contributed by atoms with Crippen LogP contribution in [0.15, 0.2) is 69.6 Å². The molecule has 2 aliphatic rings. The van der Waals surface area contributed by atoms with Crippen LogP contribution in [0.25, 0.3) is 0 Å². The summed E-state index contributed by atoms with van der Waals surface area (Å²) in [5, 5.41) is 47.5. The number of aliphatic imine (C=N–C) groups is 3. The van der Waals surface area contributed by atoms with Crippen molar-refractivity contribution >= 4 is 112 Å². The second-order valence-corrected chi connectivity index (χ2v) is 26.9. The number of nitrogens with two attached hydrogens (primary N) is 8. The molecule has 2 aliphatic heterocycles. The van der Waals surface area contributed by atoms with Gasteiger partial charge >= 0.3 is 5.97 Å². The van der Waals surface area contributed by atoms with Crippen molar-refractivity contribution in [3.63, 3.8) is 0 Å². The van der Waals surface area contributed by atoms with Crippen LogP contribution in [-0.2, 0) is 80.0 Å². The first kappa shape index (κ1) is 88.0. The van der Waals surface area contributed by atoms with Crippen molar-refractivity contribution in [2.45, 2.75) is 171 Å². The molecule has 2 aromatic rings. The third-order valence-corrected chi connectivity index (χ3v) is 17.7. The minimum absolute atomic E-state index is 0.0129. The highest BCUT2D eigenvalue weighted by atomic mass is 32.2. The number of guanidine groups is 3. The van der Waals surface area contributed by atoms with E-state index in [0.29, 0.717) is 17.5 Å². The Morgan fingerprint density at radius 1 is 0.533 bits per heavy atom. The van der Waals surface area contributed by atoms with Crippen molar-refractivity contribution in [1.82, 2.24) is 63.4 Å². The standard InChI is InChI=1S/C67H102N24O15S/c1-37(2)28-45-59(101)85-43(16-9-25-78-66(73)74)58(100)89-47(29-38-12-4-3-5-13-38)61(103)87-44(17-10-26-79-67(75)76)64(106)91-27-11-18-50(91)63(105)86-42(14-6-7-23-68)57(99)90-48(31-54(95)96)62(104)84-41(15-8-24-77-65(71)72)56(98)81-33-51(92)80-34-52(93)83-49(55(70)97)35-107-36-53(94)82-46(60(102)88-45)30-39-19-21-40(32-69)22-20-39/h3-5,12-13,19-22,37,41-50H,6-11,14-18,23-31,33-36,68H2,1-2H3,(H2,70,97)(H,80,92)(H,81,98)(H,82,94)(H,83,93)(H,84,104)(H,85,101)(H,86,105)(H,87,103)(H,88,102)(H,89,100)(H,90,99)(H,95,96)(H4,71,72,77)(H4,73,74,78)(H4,75,76,79)/t41-,42-,43-,44-,45-,46-,47-,48-,49-,50-/m0/s1. The number of aliphatic carboxylic acids is 1. The lowest BCUT2D eigenvalue weighted by molar-refractivity contribution is -0.143. The first-order valence-corrected chi connectivity index (χ1v) is 36.1. The molecule has 28 N–H and O–H groups in total. The third kappa shape index (κ3) is 33.1. The molecule has 40 heteroatoms. The molecule has 0 bridgehead atoms. The zero-order chi connectivity index (χ0) is 79.1. The lowest BCUT2D eigenvalue weighted by Crippen LogP contribution is -2.60. The number of amides is 13. The number of carbonyl (C=O) groups excluding carboxylic acids is 13. The second kappa shape index (κ2) is 46.5. The minimum atomic E-state index is -1.92. The van der Waals surface area contributed by atoms with Crippen molar-refractivity contribution in [1.29, 1.82) is 5.26 Å². The smallest absolute Gasteiger partial charge is 0.305 e. The second-order valence-electron chi connectivity index (χ2n) is 25.8. The lowest BCUT2D eigenvalue weighted by atomic mass is 9.99. The van der Waals surface area contributed by atoms with Crippen molar-refractivity contribution in [3.05, 3.63) is 71.3 Å². The summed E-state index contributed by atoms with van der Waals surface area (Å²) in [5.74, 6) is -15.7. The SMILES string of the molecule is CC(C)C[C@@H]1NC(=O)[C@H](Cc2ccc(C#N)cc2)NC(=O)CSC[C@@H](C(N)=O)NC(=O)CNC(=O)CNC(=O)[C@H](CCCN=C(N)N)NC(=O)[C@H](CC(=O)O)NC(=O)[C@H](CCCCN)NC(=O)[C@@H]2CCCN2C(=O)[C@H](CCCN=C(N)N)NC(=O)[C@H](Cc2ccccc2)NC(=O)[C@H](CCCN=C(N)N)NC1=O. The molecule has 0 aromatic heterocycles. The Hall–Kier alpha value is -11.4. The molecule has 0 aliphatic carbocycles. The molecule has 2 heterocycles. The van der Waals surface area contributed by atoms with Crippen molar-refractivity contribution in [2.24, 2.45) is 66.8 Å². The average Bonchev–Trinajstić information content (AvgIpc) is 1.81. The number of fused-ring (bicyclic) bond motifs is 1. The number of nitrogens with zero attached hydrogens (tertiary/aromatic N) is 5. The predicted molar refractivity (Wildman–Crippen MR) is 394 cm³/mol. The van der Waals surface area contributed by atoms with Crippen LogP contribution in [0.5, 0.6) is 0 Å². The zero-order valence-electron chi connectivity index (χ0n) is 59.9. The fourth-order valence-electron chi connectivity index (χ4n) is 11.3. The molecule has 0 radical (unpaired) electrons. The van der Waals surface area contributed by atoms with E-state index in [9.17, 15) is 67.9 Å². The van der Waals surface area contributed by atoms with Gasteiger partial charge < -0.3 is 114 Å². The van der Waals surface area contributed by atoms with Crippen LogP contribution in [-0.4, -0.2) is 228 Å². The van der Waals surface area contributed by atoms with Crippen LogP contribution in [0.1, 0.15) is 114 Å². The molecular formula is C67H102N24O15S. The fraction of sp³-hybridized carbons (Fsp3) is 0.552. The van der Waals surface area contributed by atoms with Gasteiger partial charge in [-0.3, -0.25) is 82.1 Å². The number of hydrogen-bond donors (Lipinski definition) is 20. The number of rotatable bonds is 25. The summed E-state index contributed by atoms with van der Waals surface area (Å²) in [7, 11) is 0. The summed E-state index contributed by atoms with van der Waals surface area (Å²) in [6.45, 7) is 1.89. The molecule has 39 nitrogen and oxygen atoms in total. The van der Waals surface area contributed by atoms with E-state index >= 15 is 9.59 Å². The van der Waals surface area contributed by atoms with Gasteiger partial charge in [0.15, 0.2) is 17.9 Å². The summed E-state index contributed by atoms with van der Waals surface area (Å²) in [6, 6.07) is 1.49. The van der Waals surface area contributed by atoms with E-state index < -0.39 is 168 Å². The van der Waals surface area contributed by atoms with Gasteiger partial charge in [-0.15, -0.1) is 11.8 Å². The normalized spacial score (nSPS) is 22.9. The summed E-state index contributed by atoms with van der Waals surface area (Å²) in [5.41, 5.74) is 46.2. The van der Waals surface area contributed by atoms with Gasteiger partial charge in [-0.25, -0.2) is 0 Å². The highest BCUT2D eigenvalue weighted by molar-refractivity contribution is 8.00. The number of carboxylic acids is 1. The number of thioether (sulfide) groups is 1. The molecule has 0 saturated carbocycles. The maximum absolute atomic E-state index is 15.1. The molecule has 0 unspecified atom stereocenters. The van der Waals surface area contributed by atoms with Crippen LogP contribution in [0, 0.1) is 17.2 Å². The molecule has 107 heavy (non-hydrogen) atoms. The number of unbranched alkanes of at least 4 members (excludes halogenated alkanes) is 1. The highest BCUT2D eigenvalue weighted by Gasteiger charge is 2.41. The monoisotopic (exact) mass is 1510 g/mol. The van der Waals surface area contributed by atoms with Crippen LogP contribution in [0.2, 0.25) is 0 Å². The molecule has 2 fully saturated rings. The van der Waals surface area contributed by atoms with Gasteiger partial charge in [-0.2, -0.15) is 5.26 Å². The first-order chi connectivity index (χ1) is 50.9. The quantitative estimate of drug-likeness (QED) is 0.0250. The zero-order valence-corrected chi connectivity index (χ0v) is 60.8. The first-order valence-electron chi connectivity index (χ1n) is 34.9.